The lowest BCUT2D eigenvalue weighted by molar-refractivity contribution is -0.140. The lowest BCUT2D eigenvalue weighted by Gasteiger charge is -2.12. The van der Waals surface area contributed by atoms with Gasteiger partial charge >= 0.3 is 5.97 Å². The van der Waals surface area contributed by atoms with E-state index in [1.165, 1.54) is 125 Å². The second-order valence-electron chi connectivity index (χ2n) is 21.8. The zero-order chi connectivity index (χ0) is 68.2. The van der Waals surface area contributed by atoms with Gasteiger partial charge in [-0.2, -0.15) is 0 Å². The summed E-state index contributed by atoms with van der Waals surface area (Å²) in [7, 11) is 12.5. The molecule has 0 saturated carbocycles. The third-order valence-electron chi connectivity index (χ3n) is 14.6. The van der Waals surface area contributed by atoms with Gasteiger partial charge in [-0.1, -0.05) is 0 Å². The van der Waals surface area contributed by atoms with E-state index in [4.69, 9.17) is 16.2 Å². The molecule has 494 valence electrons. The average molecular weight is 1290 g/mol. The van der Waals surface area contributed by atoms with Crippen LogP contribution in [0.3, 0.4) is 0 Å². The van der Waals surface area contributed by atoms with Crippen LogP contribution in [0, 0.1) is 0 Å². The zero-order valence-electron chi connectivity index (χ0n) is 52.5. The van der Waals surface area contributed by atoms with E-state index in [-0.39, 0.29) is 120 Å². The van der Waals surface area contributed by atoms with Crippen molar-refractivity contribution in [3.8, 4) is 0 Å². The summed E-state index contributed by atoms with van der Waals surface area (Å²) in [5.74, 6) is -6.35. The molecule has 0 fully saturated rings. The number of primary amides is 1. The standard InChI is InChI=1S/C60H71N21O13/c1-74-18-16-63-52(74)60(93)73-38-22-44(78(5)31-38)56(89)66-15-11-49(83)68-39-25-47(81(32-39)17-12-50(84)94-8)59(92)72-36-21-42(77(4)29-36)54(87)64-13-9-40(61)53(86)69-34-23-45(79(6)27-34)57(90)71-37-24-46(80(7)30-37)58(91)70-35-20-43(76(3)28-35)55(88)65-14-10-48(82)67-33-19-41(51(62)85)75(2)26-33/h16,18-32,40H,9-15,17,61H2,1-8H3,(H2,62,85)(H,64,87)(H,65,88)(H,66,89)(H,67,82)(H,68,83)(H,69,86)(H,70,91)(H,71,90)(H,72,92)(H,73,93)/t40-/m1/s1. The molecule has 94 heavy (non-hydrogen) atoms. The number of aromatic nitrogens is 9. The molecule has 0 aromatic carbocycles. The third-order valence-corrected chi connectivity index (χ3v) is 14.6. The van der Waals surface area contributed by atoms with E-state index < -0.39 is 77.0 Å². The molecule has 0 aliphatic carbocycles. The van der Waals surface area contributed by atoms with E-state index in [9.17, 15) is 57.5 Å². The van der Waals surface area contributed by atoms with Crippen LogP contribution in [0.15, 0.2) is 98.2 Å². The Balaban J connectivity index is 0.766. The maximum atomic E-state index is 13.8. The molecule has 1 atom stereocenters. The number of nitrogens with two attached hydrogens (primary N) is 2. The Kier molecular flexibility index (Phi) is 21.3. The lowest BCUT2D eigenvalue weighted by Crippen LogP contribution is -2.39. The van der Waals surface area contributed by atoms with Gasteiger partial charge in [0.15, 0.2) is 5.82 Å². The van der Waals surface area contributed by atoms with E-state index in [0.717, 1.165) is 0 Å². The summed E-state index contributed by atoms with van der Waals surface area (Å²) in [6.07, 6.45) is 13.4. The monoisotopic (exact) mass is 1290 g/mol. The number of carbonyl (C=O) groups excluding carboxylic acids is 12. The van der Waals surface area contributed by atoms with Gasteiger partial charge in [0.1, 0.15) is 39.9 Å². The molecule has 8 aromatic heterocycles. The Morgan fingerprint density at radius 1 is 0.426 bits per heavy atom. The highest BCUT2D eigenvalue weighted by atomic mass is 16.5. The summed E-state index contributed by atoms with van der Waals surface area (Å²) in [6, 6.07) is 8.97. The second-order valence-corrected chi connectivity index (χ2v) is 21.8. The quantitative estimate of drug-likeness (QED) is 0.0310. The third kappa shape index (κ3) is 17.0. The van der Waals surface area contributed by atoms with Crippen molar-refractivity contribution in [2.45, 2.75) is 38.3 Å². The number of nitrogens with zero attached hydrogens (tertiary/aromatic N) is 9. The molecule has 8 heterocycles. The minimum atomic E-state index is -1.11. The first-order valence-corrected chi connectivity index (χ1v) is 28.9. The van der Waals surface area contributed by atoms with E-state index in [1.54, 1.807) is 66.3 Å². The summed E-state index contributed by atoms with van der Waals surface area (Å²) in [5, 5.41) is 27.0. The highest BCUT2D eigenvalue weighted by Crippen LogP contribution is 2.23. The van der Waals surface area contributed by atoms with Gasteiger partial charge < -0.3 is 106 Å². The number of esters is 1. The fourth-order valence-electron chi connectivity index (χ4n) is 9.80. The van der Waals surface area contributed by atoms with Gasteiger partial charge in [0.25, 0.3) is 47.3 Å². The molecular weight excluding hydrogens is 1220 g/mol. The van der Waals surface area contributed by atoms with Crippen molar-refractivity contribution in [1.29, 1.82) is 0 Å². The highest BCUT2D eigenvalue weighted by molar-refractivity contribution is 6.09. The smallest absolute Gasteiger partial charge is 0.307 e. The molecule has 8 rings (SSSR count). The van der Waals surface area contributed by atoms with Crippen LogP contribution in [-0.2, 0) is 79.8 Å². The minimum absolute atomic E-state index is 0.00173. The Morgan fingerprint density at radius 3 is 1.18 bits per heavy atom. The highest BCUT2D eigenvalue weighted by Gasteiger charge is 2.24. The van der Waals surface area contributed by atoms with Crippen LogP contribution in [0.5, 0.6) is 0 Å². The summed E-state index contributed by atoms with van der Waals surface area (Å²) >= 11 is 0. The first-order chi connectivity index (χ1) is 44.6. The van der Waals surface area contributed by atoms with E-state index in [1.807, 2.05) is 0 Å². The normalized spacial score (nSPS) is 11.2. The maximum Gasteiger partial charge on any atom is 0.307 e. The SMILES string of the molecule is COC(=O)CCn1cc(NC(=O)CCNC(=O)c2cc(NC(=O)c3nccn3C)cn2C)cc1C(=O)Nc1cc(C(=O)NCC[C@@H](N)C(=O)Nc2cc(C(=O)Nc3cc(C(=O)Nc4cc(C(=O)NCCC(=O)Nc5cc(C(N)=O)n(C)c5)n(C)c4)n(C)c3)n(C)c2)n(C)c1. The Labute approximate surface area is 535 Å². The van der Waals surface area contributed by atoms with Crippen molar-refractivity contribution in [1.82, 2.24) is 57.5 Å². The number of rotatable bonds is 28. The zero-order valence-corrected chi connectivity index (χ0v) is 52.5. The van der Waals surface area contributed by atoms with E-state index >= 15 is 0 Å². The Morgan fingerprint density at radius 2 is 0.777 bits per heavy atom. The molecule has 0 spiro atoms. The van der Waals surface area contributed by atoms with Crippen molar-refractivity contribution < 1.29 is 62.3 Å². The van der Waals surface area contributed by atoms with Crippen molar-refractivity contribution in [2.24, 2.45) is 60.8 Å². The number of aryl methyl sites for hydroxylation is 8. The first kappa shape index (κ1) is 67.7. The van der Waals surface area contributed by atoms with Crippen LogP contribution in [0.4, 0.5) is 39.8 Å². The molecule has 0 aliphatic heterocycles. The minimum Gasteiger partial charge on any atom is -0.469 e. The van der Waals surface area contributed by atoms with Crippen LogP contribution in [-0.4, -0.2) is 145 Å². The summed E-state index contributed by atoms with van der Waals surface area (Å²) in [5.41, 5.74) is 14.6. The number of anilines is 7. The van der Waals surface area contributed by atoms with Gasteiger partial charge in [-0.05, 0) is 48.9 Å². The number of nitrogens with one attached hydrogen (secondary N) is 10. The number of ether oxygens (including phenoxy) is 1. The first-order valence-electron chi connectivity index (χ1n) is 28.9. The van der Waals surface area contributed by atoms with Crippen LogP contribution >= 0.6 is 0 Å². The van der Waals surface area contributed by atoms with Crippen molar-refractivity contribution in [3.05, 3.63) is 144 Å². The molecule has 11 amide bonds. The molecule has 0 saturated heterocycles. The number of imidazole rings is 1. The molecule has 0 aliphatic rings. The number of hydrogen-bond acceptors (Lipinski definition) is 15. The van der Waals surface area contributed by atoms with E-state index in [0.29, 0.717) is 17.1 Å². The van der Waals surface area contributed by atoms with Crippen LogP contribution in [0.2, 0.25) is 0 Å². The molecule has 8 aromatic rings. The predicted octanol–water partition coefficient (Wildman–Crippen LogP) is 1.53. The van der Waals surface area contributed by atoms with Crippen LogP contribution in [0.25, 0.3) is 0 Å². The summed E-state index contributed by atoms with van der Waals surface area (Å²) in [6.45, 7) is -0.119. The Hall–Kier alpha value is -12.2. The average Bonchev–Trinajstić information content (AvgIpc) is 1.71. The van der Waals surface area contributed by atoms with Crippen molar-refractivity contribution >= 4 is 111 Å². The number of hydrogen-bond donors (Lipinski definition) is 12. The fourth-order valence-corrected chi connectivity index (χ4v) is 9.80. The molecular formula is C60H71N21O13. The van der Waals surface area contributed by atoms with Crippen molar-refractivity contribution in [2.75, 3.05) is 64.0 Å². The van der Waals surface area contributed by atoms with Gasteiger partial charge in [-0.15, -0.1) is 0 Å². The second kappa shape index (κ2) is 29.6. The van der Waals surface area contributed by atoms with Gasteiger partial charge in [-0.25, -0.2) is 4.98 Å². The molecule has 0 bridgehead atoms. The molecule has 34 nitrogen and oxygen atoms in total. The number of amides is 11. The van der Waals surface area contributed by atoms with Gasteiger partial charge in [-0.3, -0.25) is 57.5 Å². The molecule has 0 unspecified atom stereocenters. The van der Waals surface area contributed by atoms with Gasteiger partial charge in [0, 0.05) is 144 Å². The maximum absolute atomic E-state index is 13.8. The molecule has 0 radical (unpaired) electrons. The van der Waals surface area contributed by atoms with E-state index in [2.05, 4.69) is 58.2 Å². The van der Waals surface area contributed by atoms with Crippen LogP contribution < -0.4 is 64.6 Å². The van der Waals surface area contributed by atoms with Crippen LogP contribution in [0.1, 0.15) is 110 Å². The van der Waals surface area contributed by atoms with Crippen molar-refractivity contribution in [3.63, 3.8) is 0 Å². The largest absolute Gasteiger partial charge is 0.469 e. The number of carbonyl (C=O) groups is 12. The lowest BCUT2D eigenvalue weighted by atomic mass is 10.2. The van der Waals surface area contributed by atoms with Gasteiger partial charge in [0.2, 0.25) is 17.7 Å². The number of methoxy groups -OCH3 is 1. The predicted molar refractivity (Wildman–Crippen MR) is 342 cm³/mol. The summed E-state index contributed by atoms with van der Waals surface area (Å²) < 4.78 is 16.7. The summed E-state index contributed by atoms with van der Waals surface area (Å²) in [4.78, 5) is 159. The molecule has 14 N–H and O–H groups in total. The topological polar surface area (TPSA) is 439 Å². The fraction of sp³-hybridized carbons (Fsp3) is 0.283. The Bertz CT molecular complexity index is 4270. The molecule has 34 heteroatoms. The van der Waals surface area contributed by atoms with Gasteiger partial charge in [0.05, 0.1) is 59.4 Å².